The summed E-state index contributed by atoms with van der Waals surface area (Å²) in [7, 11) is -3.65. The van der Waals surface area contributed by atoms with E-state index >= 15 is 0 Å². The van der Waals surface area contributed by atoms with Crippen molar-refractivity contribution in [2.75, 3.05) is 19.7 Å². The molecule has 1 aliphatic heterocycles. The van der Waals surface area contributed by atoms with Crippen LogP contribution in [-0.4, -0.2) is 49.6 Å². The molecule has 0 amide bonds. The van der Waals surface area contributed by atoms with E-state index < -0.39 is 22.1 Å². The maximum Gasteiger partial charge on any atom is 0.334 e. The highest BCUT2D eigenvalue weighted by molar-refractivity contribution is 7.88. The molecule has 0 aliphatic carbocycles. The summed E-state index contributed by atoms with van der Waals surface area (Å²) < 4.78 is 30.8. The number of nitriles is 1. The fraction of sp³-hybridized carbons (Fsp3) is 0.385. The summed E-state index contributed by atoms with van der Waals surface area (Å²) in [5.41, 5.74) is 0.875. The molecular weight excluding hydrogens is 296 g/mol. The number of aliphatic carboxylic acids is 1. The predicted octanol–water partition coefficient (Wildman–Crippen LogP) is 0.173. The molecule has 1 aromatic rings. The summed E-state index contributed by atoms with van der Waals surface area (Å²) in [6, 6.07) is 8.28. The van der Waals surface area contributed by atoms with E-state index in [0.717, 1.165) is 4.31 Å². The van der Waals surface area contributed by atoms with Gasteiger partial charge in [-0.2, -0.15) is 9.57 Å². The van der Waals surface area contributed by atoms with Crippen LogP contribution in [0.1, 0.15) is 11.1 Å². The zero-order valence-electron chi connectivity index (χ0n) is 11.1. The van der Waals surface area contributed by atoms with Gasteiger partial charge in [0.05, 0.1) is 30.5 Å². The van der Waals surface area contributed by atoms with Gasteiger partial charge in [0.15, 0.2) is 6.10 Å². The predicted molar refractivity (Wildman–Crippen MR) is 72.7 cm³/mol. The van der Waals surface area contributed by atoms with Gasteiger partial charge >= 0.3 is 5.97 Å². The third-order valence-corrected chi connectivity index (χ3v) is 4.92. The van der Waals surface area contributed by atoms with Crippen LogP contribution in [0.25, 0.3) is 0 Å². The topological polar surface area (TPSA) is 108 Å². The summed E-state index contributed by atoms with van der Waals surface area (Å²) in [6.07, 6.45) is -1.14. The monoisotopic (exact) mass is 310 g/mol. The van der Waals surface area contributed by atoms with E-state index in [-0.39, 0.29) is 25.4 Å². The molecule has 2 rings (SSSR count). The Hall–Kier alpha value is -1.95. The number of benzene rings is 1. The first-order valence-corrected chi connectivity index (χ1v) is 7.84. The normalized spacial score (nSPS) is 19.9. The molecule has 1 saturated heterocycles. The highest BCUT2D eigenvalue weighted by atomic mass is 32.2. The van der Waals surface area contributed by atoms with Crippen molar-refractivity contribution in [3.63, 3.8) is 0 Å². The van der Waals surface area contributed by atoms with Gasteiger partial charge in [-0.05, 0) is 17.7 Å². The van der Waals surface area contributed by atoms with Crippen LogP contribution in [0.4, 0.5) is 0 Å². The number of nitrogens with zero attached hydrogens (tertiary/aromatic N) is 2. The van der Waals surface area contributed by atoms with E-state index in [9.17, 15) is 13.2 Å². The van der Waals surface area contributed by atoms with Crippen molar-refractivity contribution < 1.29 is 23.1 Å². The molecule has 7 nitrogen and oxygen atoms in total. The van der Waals surface area contributed by atoms with Gasteiger partial charge in [0.2, 0.25) is 10.0 Å². The van der Waals surface area contributed by atoms with Crippen molar-refractivity contribution in [2.45, 2.75) is 11.9 Å². The number of hydrogen-bond donors (Lipinski definition) is 1. The highest BCUT2D eigenvalue weighted by Crippen LogP contribution is 2.16. The van der Waals surface area contributed by atoms with Gasteiger partial charge < -0.3 is 9.84 Å². The van der Waals surface area contributed by atoms with Crippen molar-refractivity contribution in [1.82, 2.24) is 4.31 Å². The number of carbonyl (C=O) groups is 1. The van der Waals surface area contributed by atoms with E-state index in [2.05, 4.69) is 0 Å². The lowest BCUT2D eigenvalue weighted by atomic mass is 10.2. The Morgan fingerprint density at radius 3 is 2.95 bits per heavy atom. The highest BCUT2D eigenvalue weighted by Gasteiger charge is 2.33. The van der Waals surface area contributed by atoms with Crippen molar-refractivity contribution >= 4 is 16.0 Å². The van der Waals surface area contributed by atoms with Gasteiger partial charge in [-0.15, -0.1) is 0 Å². The Morgan fingerprint density at radius 2 is 2.29 bits per heavy atom. The van der Waals surface area contributed by atoms with Crippen LogP contribution in [0.3, 0.4) is 0 Å². The minimum absolute atomic E-state index is 0.0500. The molecule has 0 radical (unpaired) electrons. The van der Waals surface area contributed by atoms with E-state index in [1.54, 1.807) is 18.2 Å². The zero-order valence-corrected chi connectivity index (χ0v) is 11.9. The third-order valence-electron chi connectivity index (χ3n) is 3.10. The number of ether oxygens (including phenoxy) is 1. The molecule has 0 saturated carbocycles. The largest absolute Gasteiger partial charge is 0.479 e. The van der Waals surface area contributed by atoms with Gasteiger partial charge in [0, 0.05) is 6.54 Å². The third kappa shape index (κ3) is 3.78. The molecule has 112 valence electrons. The summed E-state index contributed by atoms with van der Waals surface area (Å²) >= 11 is 0. The first-order chi connectivity index (χ1) is 9.92. The molecule has 0 spiro atoms. The summed E-state index contributed by atoms with van der Waals surface area (Å²) in [5, 5.41) is 17.7. The van der Waals surface area contributed by atoms with Crippen LogP contribution in [0.2, 0.25) is 0 Å². The van der Waals surface area contributed by atoms with Gasteiger partial charge in [-0.25, -0.2) is 13.2 Å². The number of hydrogen-bond acceptors (Lipinski definition) is 5. The van der Waals surface area contributed by atoms with Crippen molar-refractivity contribution in [3.05, 3.63) is 35.4 Å². The van der Waals surface area contributed by atoms with Gasteiger partial charge in [0.1, 0.15) is 0 Å². The van der Waals surface area contributed by atoms with Crippen molar-refractivity contribution in [2.24, 2.45) is 0 Å². The van der Waals surface area contributed by atoms with Gasteiger partial charge in [-0.1, -0.05) is 12.1 Å². The number of rotatable bonds is 4. The maximum absolute atomic E-state index is 12.3. The Labute approximate surface area is 122 Å². The molecule has 1 fully saturated rings. The van der Waals surface area contributed by atoms with E-state index in [1.165, 1.54) is 6.07 Å². The molecule has 1 atom stereocenters. The zero-order chi connectivity index (χ0) is 15.5. The van der Waals surface area contributed by atoms with Crippen LogP contribution in [0.5, 0.6) is 0 Å². The van der Waals surface area contributed by atoms with Crippen LogP contribution < -0.4 is 0 Å². The maximum atomic E-state index is 12.3. The smallest absolute Gasteiger partial charge is 0.334 e. The lowest BCUT2D eigenvalue weighted by Crippen LogP contribution is -2.48. The minimum Gasteiger partial charge on any atom is -0.479 e. The Bertz CT molecular complexity index is 680. The molecule has 1 N–H and O–H groups in total. The SMILES string of the molecule is N#Cc1cccc(CS(=O)(=O)N2CCOC(C(=O)O)C2)c1. The number of carboxylic acid groups (broad SMARTS) is 1. The second-order valence-electron chi connectivity index (χ2n) is 4.62. The second-order valence-corrected chi connectivity index (χ2v) is 6.59. The number of carboxylic acids is 1. The number of sulfonamides is 1. The summed E-state index contributed by atoms with van der Waals surface area (Å²) in [4.78, 5) is 10.9. The lowest BCUT2D eigenvalue weighted by molar-refractivity contribution is -0.153. The van der Waals surface area contributed by atoms with Gasteiger partial charge in [0.25, 0.3) is 0 Å². The summed E-state index contributed by atoms with van der Waals surface area (Å²) in [6.45, 7) is -0.0197. The first-order valence-electron chi connectivity index (χ1n) is 6.23. The molecule has 1 unspecified atom stereocenters. The minimum atomic E-state index is -3.65. The van der Waals surface area contributed by atoms with Crippen LogP contribution in [0.15, 0.2) is 24.3 Å². The molecule has 0 aromatic heterocycles. The standard InChI is InChI=1S/C13H14N2O5S/c14-7-10-2-1-3-11(6-10)9-21(18,19)15-4-5-20-12(8-15)13(16)17/h1-3,6,12H,4-5,8-9H2,(H,16,17). The molecule has 1 aromatic carbocycles. The Balaban J connectivity index is 2.14. The van der Waals surface area contributed by atoms with E-state index in [1.807, 2.05) is 6.07 Å². The fourth-order valence-electron chi connectivity index (χ4n) is 2.06. The molecule has 21 heavy (non-hydrogen) atoms. The fourth-order valence-corrected chi connectivity index (χ4v) is 3.56. The lowest BCUT2D eigenvalue weighted by Gasteiger charge is -2.30. The average Bonchev–Trinajstić information content (AvgIpc) is 2.47. The Morgan fingerprint density at radius 1 is 1.52 bits per heavy atom. The van der Waals surface area contributed by atoms with Crippen molar-refractivity contribution in [3.8, 4) is 6.07 Å². The average molecular weight is 310 g/mol. The second kappa shape index (κ2) is 6.22. The van der Waals surface area contributed by atoms with Crippen LogP contribution in [0, 0.1) is 11.3 Å². The van der Waals surface area contributed by atoms with E-state index in [0.29, 0.717) is 11.1 Å². The van der Waals surface area contributed by atoms with Gasteiger partial charge in [-0.3, -0.25) is 0 Å². The Kier molecular flexibility index (Phi) is 4.57. The molecule has 1 aliphatic rings. The van der Waals surface area contributed by atoms with Crippen molar-refractivity contribution in [1.29, 1.82) is 5.26 Å². The van der Waals surface area contributed by atoms with Crippen LogP contribution in [-0.2, 0) is 25.3 Å². The molecule has 8 heteroatoms. The molecule has 1 heterocycles. The quantitative estimate of drug-likeness (QED) is 0.849. The number of morpholine rings is 1. The first kappa shape index (κ1) is 15.4. The van der Waals surface area contributed by atoms with E-state index in [4.69, 9.17) is 15.1 Å². The summed E-state index contributed by atoms with van der Waals surface area (Å²) in [5.74, 6) is -1.45. The molecular formula is C13H14N2O5S. The van der Waals surface area contributed by atoms with Crippen LogP contribution >= 0.6 is 0 Å². The molecule has 0 bridgehead atoms.